The minimum Gasteiger partial charge on any atom is -0.661 e. The number of anilines is 2. The maximum Gasteiger partial charge on any atom is 3.00 e. The van der Waals surface area contributed by atoms with Gasteiger partial charge in [0.15, 0.2) is 0 Å². The summed E-state index contributed by atoms with van der Waals surface area (Å²) in [6, 6.07) is 53.6. The van der Waals surface area contributed by atoms with Crippen molar-refractivity contribution in [3.8, 4) is 22.4 Å². The van der Waals surface area contributed by atoms with Crippen molar-refractivity contribution >= 4 is 63.0 Å². The van der Waals surface area contributed by atoms with Crippen LogP contribution in [0.15, 0.2) is 144 Å². The molecule has 6 heteroatoms. The third kappa shape index (κ3) is 8.85. The van der Waals surface area contributed by atoms with Crippen LogP contribution in [0.5, 0.6) is 0 Å². The monoisotopic (exact) mass is 1050 g/mol. The van der Waals surface area contributed by atoms with Gasteiger partial charge in [-0.25, -0.2) is 0 Å². The largest absolute Gasteiger partial charge is 3.00 e. The predicted octanol–water partition coefficient (Wildman–Crippen LogP) is 16.5. The zero-order chi connectivity index (χ0) is 46.0. The molecule has 0 saturated heterocycles. The number of rotatable bonds is 6. The standard InChI is InChI=1S/C33H26N2O.C26H32NSi.Ir/c1-19-12-14-25-29(16-19)36-32-26(15-13-20(2)30(25)32)33-34-27-17-23-10-5-6-11-24(23)18-28(27)35(33)31-21(3)8-7-9-22(31)4;1-19(26(2,3)4)23-17-24(27-18-25(23)28(5,6)7)22-15-11-14-21(16-22)20-12-9-8-10-13-20;/h5-14,16-18,33H,1-4H3;8-14,16-19H,1-7H3;/q-2;-1;+3/i;19D;. The van der Waals surface area contributed by atoms with Crippen LogP contribution in [0.3, 0.4) is 0 Å². The number of furan rings is 1. The summed E-state index contributed by atoms with van der Waals surface area (Å²) in [7, 11) is -1.65. The number of hydrogen-bond donors (Lipinski definition) is 0. The first-order chi connectivity index (χ1) is 30.9. The average molecular weight is 1050 g/mol. The van der Waals surface area contributed by atoms with Crippen molar-refractivity contribution in [2.75, 3.05) is 4.90 Å². The normalized spacial score (nSPS) is 14.8. The summed E-state index contributed by atoms with van der Waals surface area (Å²) in [6.07, 6.45) is 1.75. The van der Waals surface area contributed by atoms with E-state index in [0.717, 1.165) is 66.8 Å². The molecule has 0 saturated carbocycles. The van der Waals surface area contributed by atoms with Crippen molar-refractivity contribution in [1.29, 1.82) is 0 Å². The second kappa shape index (κ2) is 17.9. The van der Waals surface area contributed by atoms with Gasteiger partial charge in [-0.2, -0.15) is 12.1 Å². The van der Waals surface area contributed by atoms with Crippen LogP contribution in [-0.2, 0) is 20.1 Å². The van der Waals surface area contributed by atoms with Gasteiger partial charge in [0.05, 0.1) is 8.07 Å². The Morgan fingerprint density at radius 1 is 0.769 bits per heavy atom. The van der Waals surface area contributed by atoms with Crippen LogP contribution >= 0.6 is 0 Å². The SMILES string of the molecule is Cc1ccc2c(c1)oc1c(C3[N-]c4cc5ccccc5cc4N3c3c(C)cccc3C)[c-]cc(C)c12.[2H]C(C)(c1cc(-c2[c-]ccc(-c3ccccc3)c2)ncc1[Si](C)(C)C)C(C)(C)C.[Ir+3]. The maximum absolute atomic E-state index is 9.26. The maximum atomic E-state index is 9.26. The molecule has 9 aromatic rings. The Morgan fingerprint density at radius 2 is 1.46 bits per heavy atom. The number of aromatic nitrogens is 1. The van der Waals surface area contributed by atoms with Gasteiger partial charge < -0.3 is 19.6 Å². The second-order valence-corrected chi connectivity index (χ2v) is 24.6. The molecule has 328 valence electrons. The Bertz CT molecular complexity index is 3230. The van der Waals surface area contributed by atoms with E-state index in [1.807, 2.05) is 25.3 Å². The van der Waals surface area contributed by atoms with E-state index in [1.165, 1.54) is 43.9 Å². The van der Waals surface area contributed by atoms with Crippen LogP contribution in [0.4, 0.5) is 17.1 Å². The van der Waals surface area contributed by atoms with E-state index in [0.29, 0.717) is 0 Å². The first-order valence-corrected chi connectivity index (χ1v) is 25.9. The second-order valence-electron chi connectivity index (χ2n) is 19.6. The van der Waals surface area contributed by atoms with Gasteiger partial charge >= 0.3 is 20.1 Å². The summed E-state index contributed by atoms with van der Waals surface area (Å²) in [5.74, 6) is -0.711. The third-order valence-electron chi connectivity index (χ3n) is 12.9. The van der Waals surface area contributed by atoms with Crippen LogP contribution < -0.4 is 10.1 Å². The molecule has 2 atom stereocenters. The van der Waals surface area contributed by atoms with Gasteiger partial charge in [0.25, 0.3) is 0 Å². The van der Waals surface area contributed by atoms with E-state index in [-0.39, 0.29) is 31.7 Å². The average Bonchev–Trinajstić information content (AvgIpc) is 3.84. The summed E-state index contributed by atoms with van der Waals surface area (Å²) in [5, 5.41) is 11.3. The molecule has 2 aromatic heterocycles. The van der Waals surface area contributed by atoms with E-state index in [2.05, 4.69) is 206 Å². The van der Waals surface area contributed by atoms with Gasteiger partial charge in [-0.1, -0.05) is 162 Å². The zero-order valence-corrected chi connectivity index (χ0v) is 42.8. The molecule has 10 rings (SSSR count). The molecule has 0 fully saturated rings. The quantitative estimate of drug-likeness (QED) is 0.123. The topological polar surface area (TPSA) is 43.4 Å². The van der Waals surface area contributed by atoms with Crippen molar-refractivity contribution in [2.24, 2.45) is 5.41 Å². The molecule has 1 aliphatic heterocycles. The summed E-state index contributed by atoms with van der Waals surface area (Å²) < 4.78 is 15.8. The number of para-hydroxylation sites is 1. The Kier molecular flexibility index (Phi) is 12.2. The van der Waals surface area contributed by atoms with Gasteiger partial charge in [-0.15, -0.1) is 52.2 Å². The molecule has 3 heterocycles. The van der Waals surface area contributed by atoms with Gasteiger partial charge in [0.2, 0.25) is 0 Å². The zero-order valence-electron chi connectivity index (χ0n) is 40.4. The Morgan fingerprint density at radius 3 is 2.15 bits per heavy atom. The molecule has 0 N–H and O–H groups in total. The number of nitrogens with zero attached hydrogens (tertiary/aromatic N) is 3. The number of fused-ring (bicyclic) bond motifs is 5. The number of hydrogen-bond acceptors (Lipinski definition) is 3. The van der Waals surface area contributed by atoms with E-state index in [1.54, 1.807) is 0 Å². The van der Waals surface area contributed by atoms with Crippen molar-refractivity contribution in [2.45, 2.75) is 87.1 Å². The van der Waals surface area contributed by atoms with Crippen LogP contribution in [-0.4, -0.2) is 13.1 Å². The molecule has 7 aromatic carbocycles. The van der Waals surface area contributed by atoms with Crippen LogP contribution in [0, 0.1) is 45.2 Å². The number of benzene rings is 7. The van der Waals surface area contributed by atoms with E-state index in [4.69, 9.17) is 14.7 Å². The minimum absolute atomic E-state index is 0. The summed E-state index contributed by atoms with van der Waals surface area (Å²) in [5.41, 5.74) is 16.0. The van der Waals surface area contributed by atoms with Crippen LogP contribution in [0.25, 0.3) is 60.4 Å². The molecule has 0 amide bonds. The number of pyridine rings is 1. The van der Waals surface area contributed by atoms with Crippen LogP contribution in [0.1, 0.15) is 74.5 Å². The van der Waals surface area contributed by atoms with Crippen molar-refractivity contribution in [3.63, 3.8) is 0 Å². The summed E-state index contributed by atoms with van der Waals surface area (Å²) in [4.78, 5) is 7.21. The van der Waals surface area contributed by atoms with Gasteiger partial charge in [-0.3, -0.25) is 0 Å². The molecule has 1 aliphatic rings. The minimum atomic E-state index is -1.65. The molecule has 65 heavy (non-hydrogen) atoms. The van der Waals surface area contributed by atoms with Gasteiger partial charge in [-0.05, 0) is 94.3 Å². The first kappa shape index (κ1) is 44.4. The third-order valence-corrected chi connectivity index (χ3v) is 14.9. The van der Waals surface area contributed by atoms with Crippen molar-refractivity contribution in [1.82, 2.24) is 4.98 Å². The Balaban J connectivity index is 0.000000182. The fourth-order valence-electron chi connectivity index (χ4n) is 9.10. The summed E-state index contributed by atoms with van der Waals surface area (Å²) in [6.45, 7) is 24.1. The molecule has 4 nitrogen and oxygen atoms in total. The van der Waals surface area contributed by atoms with Crippen molar-refractivity contribution in [3.05, 3.63) is 190 Å². The molecule has 0 radical (unpaired) electrons. The molecular weight excluding hydrogens is 987 g/mol. The molecule has 2 unspecified atom stereocenters. The Labute approximate surface area is 401 Å². The number of aryl methyl sites for hydroxylation is 4. The first-order valence-electron chi connectivity index (χ1n) is 22.9. The summed E-state index contributed by atoms with van der Waals surface area (Å²) >= 11 is 0. The fraction of sp³-hybridized carbons (Fsp3) is 0.237. The molecular formula is C59H58IrN3OSi. The molecule has 0 spiro atoms. The van der Waals surface area contributed by atoms with Crippen molar-refractivity contribution < 1.29 is 25.9 Å². The molecule has 0 aliphatic carbocycles. The smallest absolute Gasteiger partial charge is 0.661 e. The van der Waals surface area contributed by atoms with E-state index in [9.17, 15) is 1.37 Å². The predicted molar refractivity (Wildman–Crippen MR) is 275 cm³/mol. The van der Waals surface area contributed by atoms with E-state index >= 15 is 0 Å². The fourth-order valence-corrected chi connectivity index (χ4v) is 10.6. The van der Waals surface area contributed by atoms with Crippen LogP contribution in [0.2, 0.25) is 19.6 Å². The van der Waals surface area contributed by atoms with E-state index < -0.39 is 14.0 Å². The Hall–Kier alpha value is -5.78. The van der Waals surface area contributed by atoms with Gasteiger partial charge in [0.1, 0.15) is 5.58 Å². The van der Waals surface area contributed by atoms with Gasteiger partial charge in [0, 0.05) is 29.9 Å². The molecule has 0 bridgehead atoms.